The van der Waals surface area contributed by atoms with Crippen molar-refractivity contribution in [1.29, 1.82) is 0 Å². The highest BCUT2D eigenvalue weighted by Gasteiger charge is 2.22. The molecule has 0 fully saturated rings. The first kappa shape index (κ1) is 24.2. The Bertz CT molecular complexity index is 517. The van der Waals surface area contributed by atoms with Crippen LogP contribution in [0.4, 0.5) is 0 Å². The summed E-state index contributed by atoms with van der Waals surface area (Å²) in [5.74, 6) is -0.488. The van der Waals surface area contributed by atoms with Crippen molar-refractivity contribution in [3.8, 4) is 0 Å². The minimum Gasteiger partial charge on any atom is -0.464 e. The van der Waals surface area contributed by atoms with E-state index in [-0.39, 0.29) is 5.91 Å². The zero-order chi connectivity index (χ0) is 20.5. The van der Waals surface area contributed by atoms with Crippen LogP contribution in [0.25, 0.3) is 0 Å². The molecule has 0 saturated carbocycles. The Kier molecular flexibility index (Phi) is 13.9. The SMILES string of the molecule is CCCCCCCCCCCCCC(=O)N[C@@H](Cc1cnc[nH]1)C(=O)OCC. The minimum absolute atomic E-state index is 0.0894. The van der Waals surface area contributed by atoms with Gasteiger partial charge in [0.05, 0.1) is 12.9 Å². The van der Waals surface area contributed by atoms with E-state index in [1.165, 1.54) is 57.8 Å². The highest BCUT2D eigenvalue weighted by molar-refractivity contribution is 5.84. The fourth-order valence-corrected chi connectivity index (χ4v) is 3.27. The number of H-pyrrole nitrogens is 1. The van der Waals surface area contributed by atoms with Gasteiger partial charge in [0.2, 0.25) is 5.91 Å². The molecule has 0 saturated heterocycles. The summed E-state index contributed by atoms with van der Waals surface area (Å²) in [5, 5.41) is 2.81. The van der Waals surface area contributed by atoms with Crippen LogP contribution in [0.15, 0.2) is 12.5 Å². The van der Waals surface area contributed by atoms with E-state index < -0.39 is 12.0 Å². The number of carbonyl (C=O) groups is 2. The highest BCUT2D eigenvalue weighted by atomic mass is 16.5. The van der Waals surface area contributed by atoms with Crippen molar-refractivity contribution < 1.29 is 14.3 Å². The largest absolute Gasteiger partial charge is 0.464 e. The number of ether oxygens (including phenoxy) is 1. The molecule has 28 heavy (non-hydrogen) atoms. The number of rotatable bonds is 17. The first-order chi connectivity index (χ1) is 13.7. The van der Waals surface area contributed by atoms with Gasteiger partial charge < -0.3 is 15.0 Å². The molecular formula is C22H39N3O3. The van der Waals surface area contributed by atoms with Crippen LogP contribution in [-0.4, -0.2) is 34.5 Å². The van der Waals surface area contributed by atoms with Crippen molar-refractivity contribution in [2.24, 2.45) is 0 Å². The Morgan fingerprint density at radius 3 is 2.14 bits per heavy atom. The molecule has 2 N–H and O–H groups in total. The number of carbonyl (C=O) groups excluding carboxylic acids is 2. The maximum absolute atomic E-state index is 12.2. The van der Waals surface area contributed by atoms with E-state index in [0.29, 0.717) is 19.4 Å². The van der Waals surface area contributed by atoms with Crippen LogP contribution in [0.1, 0.15) is 96.6 Å². The van der Waals surface area contributed by atoms with Crippen molar-refractivity contribution in [3.05, 3.63) is 18.2 Å². The van der Waals surface area contributed by atoms with Gasteiger partial charge in [0, 0.05) is 24.7 Å². The van der Waals surface area contributed by atoms with Gasteiger partial charge in [0.15, 0.2) is 0 Å². The molecule has 6 nitrogen and oxygen atoms in total. The summed E-state index contributed by atoms with van der Waals surface area (Å²) < 4.78 is 5.08. The van der Waals surface area contributed by atoms with Crippen molar-refractivity contribution >= 4 is 11.9 Å². The van der Waals surface area contributed by atoms with E-state index >= 15 is 0 Å². The van der Waals surface area contributed by atoms with Crippen LogP contribution in [0, 0.1) is 0 Å². The van der Waals surface area contributed by atoms with Crippen molar-refractivity contribution in [1.82, 2.24) is 15.3 Å². The molecule has 0 aromatic carbocycles. The van der Waals surface area contributed by atoms with Crippen molar-refractivity contribution in [2.45, 2.75) is 103 Å². The number of imidazole rings is 1. The van der Waals surface area contributed by atoms with Crippen molar-refractivity contribution in [2.75, 3.05) is 6.61 Å². The molecule has 0 radical (unpaired) electrons. The maximum atomic E-state index is 12.2. The third kappa shape index (κ3) is 11.8. The molecule has 0 aliphatic heterocycles. The monoisotopic (exact) mass is 393 g/mol. The van der Waals surface area contributed by atoms with E-state index in [0.717, 1.165) is 18.5 Å². The number of nitrogens with one attached hydrogen (secondary N) is 2. The predicted molar refractivity (Wildman–Crippen MR) is 112 cm³/mol. The summed E-state index contributed by atoms with van der Waals surface area (Å²) in [6.07, 6.45) is 17.8. The summed E-state index contributed by atoms with van der Waals surface area (Å²) in [5.41, 5.74) is 0.799. The Labute approximate surface area is 170 Å². The molecule has 0 unspecified atom stereocenters. The number of hydrogen-bond acceptors (Lipinski definition) is 4. The smallest absolute Gasteiger partial charge is 0.329 e. The van der Waals surface area contributed by atoms with Gasteiger partial charge in [-0.15, -0.1) is 0 Å². The molecule has 0 aliphatic carbocycles. The quantitative estimate of drug-likeness (QED) is 0.297. The first-order valence-corrected chi connectivity index (χ1v) is 11.1. The first-order valence-electron chi connectivity index (χ1n) is 11.1. The number of unbranched alkanes of at least 4 members (excludes halogenated alkanes) is 10. The van der Waals surface area contributed by atoms with Gasteiger partial charge in [-0.1, -0.05) is 71.1 Å². The molecular weight excluding hydrogens is 354 g/mol. The number of nitrogens with zero attached hydrogens (tertiary/aromatic N) is 1. The second kappa shape index (κ2) is 16.1. The van der Waals surface area contributed by atoms with Gasteiger partial charge in [-0.3, -0.25) is 4.79 Å². The molecule has 1 aromatic rings. The van der Waals surface area contributed by atoms with E-state index in [1.807, 2.05) is 0 Å². The molecule has 1 rings (SSSR count). The fourth-order valence-electron chi connectivity index (χ4n) is 3.27. The van der Waals surface area contributed by atoms with Gasteiger partial charge in [-0.05, 0) is 13.3 Å². The minimum atomic E-state index is -0.666. The fraction of sp³-hybridized carbons (Fsp3) is 0.773. The number of aromatic nitrogens is 2. The Morgan fingerprint density at radius 1 is 1.00 bits per heavy atom. The molecule has 1 atom stereocenters. The normalized spacial score (nSPS) is 11.9. The second-order valence-corrected chi connectivity index (χ2v) is 7.44. The lowest BCUT2D eigenvalue weighted by Gasteiger charge is -2.16. The second-order valence-electron chi connectivity index (χ2n) is 7.44. The molecule has 0 aliphatic rings. The molecule has 1 heterocycles. The summed E-state index contributed by atoms with van der Waals surface area (Å²) in [6, 6.07) is -0.666. The number of amides is 1. The Morgan fingerprint density at radius 2 is 1.61 bits per heavy atom. The van der Waals surface area contributed by atoms with Crippen LogP contribution >= 0.6 is 0 Å². The molecule has 160 valence electrons. The number of aromatic amines is 1. The van der Waals surface area contributed by atoms with Crippen LogP contribution in [0.5, 0.6) is 0 Å². The standard InChI is InChI=1S/C22H39N3O3/c1-3-5-6-7-8-9-10-11-12-13-14-15-21(26)25-20(22(27)28-4-2)16-19-17-23-18-24-19/h17-18,20H,3-16H2,1-2H3,(H,23,24)(H,25,26)/t20-/m0/s1. The van der Waals surface area contributed by atoms with Crippen LogP contribution < -0.4 is 5.32 Å². The number of esters is 1. The summed E-state index contributed by atoms with van der Waals surface area (Å²) >= 11 is 0. The van der Waals surface area contributed by atoms with Gasteiger partial charge in [-0.2, -0.15) is 0 Å². The Hall–Kier alpha value is -1.85. The van der Waals surface area contributed by atoms with E-state index in [9.17, 15) is 9.59 Å². The predicted octanol–water partition coefficient (Wildman–Crippen LogP) is 4.70. The van der Waals surface area contributed by atoms with Gasteiger partial charge in [-0.25, -0.2) is 9.78 Å². The van der Waals surface area contributed by atoms with Crippen molar-refractivity contribution in [3.63, 3.8) is 0 Å². The Balaban J connectivity index is 2.13. The molecule has 0 spiro atoms. The average Bonchev–Trinajstić information content (AvgIpc) is 3.19. The lowest BCUT2D eigenvalue weighted by molar-refractivity contribution is -0.147. The van der Waals surface area contributed by atoms with E-state index in [1.54, 1.807) is 19.4 Å². The third-order valence-electron chi connectivity index (χ3n) is 4.89. The summed E-state index contributed by atoms with van der Waals surface area (Å²) in [4.78, 5) is 31.2. The lowest BCUT2D eigenvalue weighted by Crippen LogP contribution is -2.43. The topological polar surface area (TPSA) is 84.1 Å². The van der Waals surface area contributed by atoms with E-state index in [4.69, 9.17) is 4.74 Å². The van der Waals surface area contributed by atoms with E-state index in [2.05, 4.69) is 22.2 Å². The molecule has 1 aromatic heterocycles. The third-order valence-corrected chi connectivity index (χ3v) is 4.89. The zero-order valence-corrected chi connectivity index (χ0v) is 17.8. The maximum Gasteiger partial charge on any atom is 0.329 e. The van der Waals surface area contributed by atoms with Gasteiger partial charge in [0.25, 0.3) is 0 Å². The van der Waals surface area contributed by atoms with Gasteiger partial charge >= 0.3 is 5.97 Å². The summed E-state index contributed by atoms with van der Waals surface area (Å²) in [7, 11) is 0. The average molecular weight is 394 g/mol. The van der Waals surface area contributed by atoms with Crippen LogP contribution in [0.2, 0.25) is 0 Å². The van der Waals surface area contributed by atoms with Crippen LogP contribution in [0.3, 0.4) is 0 Å². The molecule has 6 heteroatoms. The summed E-state index contributed by atoms with van der Waals surface area (Å²) in [6.45, 7) is 4.31. The van der Waals surface area contributed by atoms with Gasteiger partial charge in [0.1, 0.15) is 6.04 Å². The lowest BCUT2D eigenvalue weighted by atomic mass is 10.0. The molecule has 0 bridgehead atoms. The molecule has 1 amide bonds. The zero-order valence-electron chi connectivity index (χ0n) is 17.8. The number of hydrogen-bond donors (Lipinski definition) is 2. The highest BCUT2D eigenvalue weighted by Crippen LogP contribution is 2.12. The van der Waals surface area contributed by atoms with Crippen LogP contribution in [-0.2, 0) is 20.7 Å².